The third kappa shape index (κ3) is 3.18. The van der Waals surface area contributed by atoms with Crippen LogP contribution in [0.2, 0.25) is 0 Å². The van der Waals surface area contributed by atoms with E-state index in [4.69, 9.17) is 9.47 Å². The minimum absolute atomic E-state index is 0.183. The number of rotatable bonds is 5. The van der Waals surface area contributed by atoms with E-state index in [-0.39, 0.29) is 13.0 Å². The van der Waals surface area contributed by atoms with E-state index in [1.165, 1.54) is 0 Å². The molecule has 0 saturated heterocycles. The summed E-state index contributed by atoms with van der Waals surface area (Å²) in [7, 11) is 1.58. The molecule has 120 valence electrons. The van der Waals surface area contributed by atoms with Crippen molar-refractivity contribution < 1.29 is 18.3 Å². The first-order chi connectivity index (χ1) is 11.1. The molecule has 0 bridgehead atoms. The van der Waals surface area contributed by atoms with Crippen LogP contribution in [-0.4, -0.2) is 26.0 Å². The fourth-order valence-corrected chi connectivity index (χ4v) is 2.70. The van der Waals surface area contributed by atoms with E-state index in [1.807, 2.05) is 18.2 Å². The zero-order valence-electron chi connectivity index (χ0n) is 12.7. The highest BCUT2D eigenvalue weighted by molar-refractivity contribution is 5.95. The molecule has 1 atom stereocenters. The van der Waals surface area contributed by atoms with E-state index in [1.54, 1.807) is 43.5 Å². The maximum atomic E-state index is 13.1. The molecule has 0 amide bonds. The van der Waals surface area contributed by atoms with E-state index >= 15 is 0 Å². The van der Waals surface area contributed by atoms with Crippen molar-refractivity contribution in [2.24, 2.45) is 4.99 Å². The minimum Gasteiger partial charge on any atom is -0.497 e. The van der Waals surface area contributed by atoms with Gasteiger partial charge in [-0.05, 0) is 29.8 Å². The summed E-state index contributed by atoms with van der Waals surface area (Å²) < 4.78 is 37.2. The number of hydrogen-bond donors (Lipinski definition) is 0. The van der Waals surface area contributed by atoms with Gasteiger partial charge in [-0.2, -0.15) is 0 Å². The van der Waals surface area contributed by atoms with Crippen LogP contribution in [-0.2, 0) is 10.3 Å². The zero-order chi connectivity index (χ0) is 16.3. The lowest BCUT2D eigenvalue weighted by atomic mass is 9.90. The molecular weight excluding hydrogens is 300 g/mol. The molecule has 0 spiro atoms. The first-order valence-electron chi connectivity index (χ1n) is 7.34. The van der Waals surface area contributed by atoms with Gasteiger partial charge in [-0.15, -0.1) is 0 Å². The van der Waals surface area contributed by atoms with E-state index in [0.29, 0.717) is 17.2 Å². The van der Waals surface area contributed by atoms with Gasteiger partial charge >= 0.3 is 0 Å². The van der Waals surface area contributed by atoms with Crippen LogP contribution in [0.5, 0.6) is 5.75 Å². The van der Waals surface area contributed by atoms with Gasteiger partial charge in [0.05, 0.1) is 20.1 Å². The molecule has 0 aliphatic carbocycles. The molecule has 1 unspecified atom stereocenters. The Morgan fingerprint density at radius 3 is 2.43 bits per heavy atom. The predicted octanol–water partition coefficient (Wildman–Crippen LogP) is 4.02. The molecule has 1 aliphatic heterocycles. The summed E-state index contributed by atoms with van der Waals surface area (Å²) in [6.07, 6.45) is -2.86. The summed E-state index contributed by atoms with van der Waals surface area (Å²) in [5.41, 5.74) is 0.357. The van der Waals surface area contributed by atoms with Crippen LogP contribution >= 0.6 is 0 Å². The molecule has 0 saturated carbocycles. The van der Waals surface area contributed by atoms with Crippen LogP contribution in [0.1, 0.15) is 17.5 Å². The van der Waals surface area contributed by atoms with Crippen molar-refractivity contribution in [2.45, 2.75) is 18.4 Å². The lowest BCUT2D eigenvalue weighted by molar-refractivity contribution is 0.00574. The van der Waals surface area contributed by atoms with Crippen LogP contribution < -0.4 is 4.74 Å². The second-order valence-corrected chi connectivity index (χ2v) is 5.41. The Kier molecular flexibility index (Phi) is 4.28. The van der Waals surface area contributed by atoms with Gasteiger partial charge in [0.1, 0.15) is 5.75 Å². The van der Waals surface area contributed by atoms with E-state index in [9.17, 15) is 8.78 Å². The van der Waals surface area contributed by atoms with Crippen LogP contribution in [0.25, 0.3) is 0 Å². The molecule has 2 aromatic rings. The lowest BCUT2D eigenvalue weighted by Gasteiger charge is -2.28. The smallest absolute Gasteiger partial charge is 0.242 e. The van der Waals surface area contributed by atoms with Crippen molar-refractivity contribution in [1.29, 1.82) is 0 Å². The summed E-state index contributed by atoms with van der Waals surface area (Å²) in [5, 5.41) is 0. The van der Waals surface area contributed by atoms with Gasteiger partial charge in [0.2, 0.25) is 12.3 Å². The van der Waals surface area contributed by atoms with Crippen molar-refractivity contribution >= 4 is 5.90 Å². The third-order valence-electron chi connectivity index (χ3n) is 3.89. The molecule has 2 aromatic carbocycles. The van der Waals surface area contributed by atoms with Crippen molar-refractivity contribution in [3.05, 3.63) is 65.7 Å². The number of benzene rings is 2. The predicted molar refractivity (Wildman–Crippen MR) is 84.2 cm³/mol. The standard InChI is InChI=1S/C18H17F2NO2/c1-22-15-9-7-13(8-10-15)17-21-12-18(23-17,11-16(19)20)14-5-3-2-4-6-14/h2-10,16H,11-12H2,1H3. The Labute approximate surface area is 133 Å². The largest absolute Gasteiger partial charge is 0.497 e. The fourth-order valence-electron chi connectivity index (χ4n) is 2.70. The number of alkyl halides is 2. The summed E-state index contributed by atoms with van der Waals surface area (Å²) in [4.78, 5) is 4.36. The fraction of sp³-hybridized carbons (Fsp3) is 0.278. The molecule has 1 aliphatic rings. The Hall–Kier alpha value is -2.43. The van der Waals surface area contributed by atoms with E-state index < -0.39 is 12.0 Å². The van der Waals surface area contributed by atoms with Crippen molar-refractivity contribution in [3.8, 4) is 5.75 Å². The van der Waals surface area contributed by atoms with Gasteiger partial charge < -0.3 is 9.47 Å². The Morgan fingerprint density at radius 2 is 1.83 bits per heavy atom. The van der Waals surface area contributed by atoms with Gasteiger partial charge in [-0.1, -0.05) is 30.3 Å². The van der Waals surface area contributed by atoms with Gasteiger partial charge in [0.15, 0.2) is 5.60 Å². The maximum absolute atomic E-state index is 13.1. The number of methoxy groups -OCH3 is 1. The molecule has 1 heterocycles. The monoisotopic (exact) mass is 317 g/mol. The van der Waals surface area contributed by atoms with Gasteiger partial charge in [0, 0.05) is 5.56 Å². The number of aliphatic imine (C=N–C) groups is 1. The molecule has 3 nitrogen and oxygen atoms in total. The van der Waals surface area contributed by atoms with E-state index in [2.05, 4.69) is 4.99 Å². The highest BCUT2D eigenvalue weighted by atomic mass is 19.3. The zero-order valence-corrected chi connectivity index (χ0v) is 12.7. The molecule has 3 rings (SSSR count). The van der Waals surface area contributed by atoms with Crippen molar-refractivity contribution in [3.63, 3.8) is 0 Å². The number of halogens is 2. The summed E-state index contributed by atoms with van der Waals surface area (Å²) in [5.74, 6) is 1.10. The highest BCUT2D eigenvalue weighted by Crippen LogP contribution is 2.37. The Morgan fingerprint density at radius 1 is 1.13 bits per heavy atom. The van der Waals surface area contributed by atoms with Gasteiger partial charge in [0.25, 0.3) is 0 Å². The quantitative estimate of drug-likeness (QED) is 0.834. The van der Waals surface area contributed by atoms with Crippen LogP contribution in [0.15, 0.2) is 59.6 Å². The Bertz CT molecular complexity index is 686. The molecular formula is C18H17F2NO2. The van der Waals surface area contributed by atoms with Crippen LogP contribution in [0.4, 0.5) is 8.78 Å². The first kappa shape index (κ1) is 15.5. The minimum atomic E-state index is -2.47. The lowest BCUT2D eigenvalue weighted by Crippen LogP contribution is -2.33. The van der Waals surface area contributed by atoms with Crippen LogP contribution in [0, 0.1) is 0 Å². The summed E-state index contributed by atoms with van der Waals surface area (Å²) in [6, 6.07) is 16.3. The number of nitrogens with zero attached hydrogens (tertiary/aromatic N) is 1. The first-order valence-corrected chi connectivity index (χ1v) is 7.34. The molecule has 0 radical (unpaired) electrons. The van der Waals surface area contributed by atoms with Crippen molar-refractivity contribution in [2.75, 3.05) is 13.7 Å². The number of hydrogen-bond acceptors (Lipinski definition) is 3. The SMILES string of the molecule is COc1ccc(C2=NCC(CC(F)F)(c3ccccc3)O2)cc1. The second kappa shape index (κ2) is 6.36. The summed E-state index contributed by atoms with van der Waals surface area (Å²) >= 11 is 0. The second-order valence-electron chi connectivity index (χ2n) is 5.41. The molecule has 0 aromatic heterocycles. The van der Waals surface area contributed by atoms with E-state index in [0.717, 1.165) is 5.56 Å². The maximum Gasteiger partial charge on any atom is 0.242 e. The topological polar surface area (TPSA) is 30.8 Å². The van der Waals surface area contributed by atoms with Crippen molar-refractivity contribution in [1.82, 2.24) is 0 Å². The van der Waals surface area contributed by atoms with Gasteiger partial charge in [-0.25, -0.2) is 13.8 Å². The third-order valence-corrected chi connectivity index (χ3v) is 3.89. The molecule has 23 heavy (non-hydrogen) atoms. The van der Waals surface area contributed by atoms with Crippen LogP contribution in [0.3, 0.4) is 0 Å². The molecule has 0 fully saturated rings. The molecule has 0 N–H and O–H groups in total. The Balaban J connectivity index is 1.87. The summed E-state index contributed by atoms with van der Waals surface area (Å²) in [6.45, 7) is 0.183. The van der Waals surface area contributed by atoms with Gasteiger partial charge in [-0.3, -0.25) is 0 Å². The average molecular weight is 317 g/mol. The normalized spacial score (nSPS) is 20.3. The average Bonchev–Trinajstić information content (AvgIpc) is 3.00. The number of ether oxygens (including phenoxy) is 2. The highest BCUT2D eigenvalue weighted by Gasteiger charge is 2.42. The molecule has 5 heteroatoms.